The molecule has 134 valence electrons. The molecule has 2 heterocycles. The summed E-state index contributed by atoms with van der Waals surface area (Å²) in [6, 6.07) is -2.08. The van der Waals surface area contributed by atoms with E-state index in [0.717, 1.165) is 11.8 Å². The van der Waals surface area contributed by atoms with Crippen LogP contribution >= 0.6 is 0 Å². The molecule has 1 aliphatic heterocycles. The first-order chi connectivity index (χ1) is 11.2. The van der Waals surface area contributed by atoms with Crippen LogP contribution in [0.15, 0.2) is 12.4 Å². The summed E-state index contributed by atoms with van der Waals surface area (Å²) in [6.45, 7) is 4.78. The van der Waals surface area contributed by atoms with Crippen molar-refractivity contribution in [2.45, 2.75) is 58.0 Å². The number of amides is 1. The number of hydrogen-bond donors (Lipinski definition) is 1. The van der Waals surface area contributed by atoms with Crippen LogP contribution in [0.5, 0.6) is 5.88 Å². The Kier molecular flexibility index (Phi) is 5.51. The number of carbonyl (C=O) groups excluding carboxylic acids is 1. The minimum atomic E-state index is -4.42. The molecule has 0 aliphatic carbocycles. The fraction of sp³-hybridized carbons (Fsp3) is 0.667. The summed E-state index contributed by atoms with van der Waals surface area (Å²) in [5, 5.41) is 3.05. The van der Waals surface area contributed by atoms with E-state index in [-0.39, 0.29) is 31.5 Å². The fourth-order valence-electron chi connectivity index (χ4n) is 2.70. The van der Waals surface area contributed by atoms with Gasteiger partial charge in [-0.1, -0.05) is 0 Å². The lowest BCUT2D eigenvalue weighted by Crippen LogP contribution is -2.55. The molecule has 0 saturated carbocycles. The number of alkyl halides is 3. The number of anilines is 1. The molecule has 2 atom stereocenters. The largest absolute Gasteiger partial charge is 0.472 e. The Labute approximate surface area is 138 Å². The van der Waals surface area contributed by atoms with Gasteiger partial charge < -0.3 is 15.0 Å². The molecule has 24 heavy (non-hydrogen) atoms. The summed E-state index contributed by atoms with van der Waals surface area (Å²) in [5.74, 6) is 0.0617. The van der Waals surface area contributed by atoms with Gasteiger partial charge >= 0.3 is 6.18 Å². The Hall–Kier alpha value is -2.06. The van der Waals surface area contributed by atoms with Crippen molar-refractivity contribution in [2.24, 2.45) is 0 Å². The molecule has 0 bridgehead atoms. The molecule has 6 nitrogen and oxygen atoms in total. The summed E-state index contributed by atoms with van der Waals surface area (Å²) in [6.07, 6.45) is -1.47. The van der Waals surface area contributed by atoms with Crippen LogP contribution in [-0.2, 0) is 4.79 Å². The summed E-state index contributed by atoms with van der Waals surface area (Å²) in [4.78, 5) is 20.7. The van der Waals surface area contributed by atoms with Gasteiger partial charge in [0.05, 0.1) is 6.10 Å². The zero-order valence-corrected chi connectivity index (χ0v) is 13.8. The number of piperidine rings is 1. The van der Waals surface area contributed by atoms with Crippen molar-refractivity contribution in [1.82, 2.24) is 14.9 Å². The van der Waals surface area contributed by atoms with E-state index in [1.54, 1.807) is 0 Å². The summed E-state index contributed by atoms with van der Waals surface area (Å²) in [5.41, 5.74) is 0. The quantitative estimate of drug-likeness (QED) is 0.908. The van der Waals surface area contributed by atoms with Crippen LogP contribution in [0.1, 0.15) is 33.6 Å². The maximum absolute atomic E-state index is 13.1. The van der Waals surface area contributed by atoms with Crippen molar-refractivity contribution in [2.75, 3.05) is 11.9 Å². The minimum absolute atomic E-state index is 0.0444. The van der Waals surface area contributed by atoms with Crippen molar-refractivity contribution in [1.29, 1.82) is 0 Å². The van der Waals surface area contributed by atoms with Crippen LogP contribution in [0.25, 0.3) is 0 Å². The second kappa shape index (κ2) is 7.23. The molecule has 1 N–H and O–H groups in total. The van der Waals surface area contributed by atoms with E-state index in [1.165, 1.54) is 12.4 Å². The van der Waals surface area contributed by atoms with Gasteiger partial charge in [0, 0.05) is 31.9 Å². The lowest BCUT2D eigenvalue weighted by atomic mass is 9.97. The molecule has 1 amide bonds. The molecule has 1 aromatic heterocycles. The molecule has 0 unspecified atom stereocenters. The molecule has 1 aromatic rings. The molecule has 0 radical (unpaired) electrons. The van der Waals surface area contributed by atoms with E-state index < -0.39 is 18.1 Å². The average Bonchev–Trinajstić information content (AvgIpc) is 2.47. The van der Waals surface area contributed by atoms with Gasteiger partial charge in [-0.15, -0.1) is 0 Å². The van der Waals surface area contributed by atoms with Crippen LogP contribution in [0, 0.1) is 0 Å². The van der Waals surface area contributed by atoms with E-state index in [4.69, 9.17) is 4.74 Å². The third-order valence-corrected chi connectivity index (χ3v) is 3.72. The number of rotatable bonds is 4. The highest BCUT2D eigenvalue weighted by Crippen LogP contribution is 2.33. The highest BCUT2D eigenvalue weighted by atomic mass is 19.4. The van der Waals surface area contributed by atoms with Crippen LogP contribution in [-0.4, -0.2) is 51.7 Å². The Bertz CT molecular complexity index is 580. The number of nitrogens with one attached hydrogen (secondary N) is 1. The zero-order valence-electron chi connectivity index (χ0n) is 13.8. The van der Waals surface area contributed by atoms with E-state index in [2.05, 4.69) is 15.3 Å². The number of nitrogens with zero attached hydrogens (tertiary/aromatic N) is 3. The number of halogens is 3. The lowest BCUT2D eigenvalue weighted by molar-refractivity contribution is -0.195. The number of aromatic nitrogens is 2. The molecule has 9 heteroatoms. The van der Waals surface area contributed by atoms with Crippen molar-refractivity contribution in [3.8, 4) is 5.88 Å². The predicted molar refractivity (Wildman–Crippen MR) is 81.7 cm³/mol. The van der Waals surface area contributed by atoms with E-state index in [1.807, 2.05) is 13.8 Å². The van der Waals surface area contributed by atoms with Crippen molar-refractivity contribution in [3.05, 3.63) is 12.4 Å². The number of hydrogen-bond acceptors (Lipinski definition) is 5. The SMILES string of the molecule is CC(=O)N1C[C@@H](Nc2nccnc2OC(C)C)CC[C@@H]1C(F)(F)F. The molecule has 1 aliphatic rings. The van der Waals surface area contributed by atoms with Gasteiger partial charge in [-0.05, 0) is 26.7 Å². The Balaban J connectivity index is 2.11. The monoisotopic (exact) mass is 346 g/mol. The highest BCUT2D eigenvalue weighted by Gasteiger charge is 2.47. The second-order valence-corrected chi connectivity index (χ2v) is 6.02. The van der Waals surface area contributed by atoms with E-state index in [9.17, 15) is 18.0 Å². The normalized spacial score (nSPS) is 21.7. The molecule has 1 saturated heterocycles. The van der Waals surface area contributed by atoms with Crippen molar-refractivity contribution >= 4 is 11.7 Å². The van der Waals surface area contributed by atoms with Crippen molar-refractivity contribution < 1.29 is 22.7 Å². The van der Waals surface area contributed by atoms with Crippen LogP contribution in [0.4, 0.5) is 19.0 Å². The zero-order chi connectivity index (χ0) is 17.9. The Morgan fingerprint density at radius 3 is 2.58 bits per heavy atom. The minimum Gasteiger partial charge on any atom is -0.472 e. The maximum Gasteiger partial charge on any atom is 0.408 e. The first kappa shape index (κ1) is 18.3. The fourth-order valence-corrected chi connectivity index (χ4v) is 2.70. The second-order valence-electron chi connectivity index (χ2n) is 6.02. The van der Waals surface area contributed by atoms with Gasteiger partial charge in [-0.25, -0.2) is 9.97 Å². The van der Waals surface area contributed by atoms with Gasteiger partial charge in [-0.3, -0.25) is 4.79 Å². The summed E-state index contributed by atoms with van der Waals surface area (Å²) in [7, 11) is 0. The molecular formula is C15H21F3N4O2. The van der Waals surface area contributed by atoms with Gasteiger partial charge in [0.25, 0.3) is 5.88 Å². The third kappa shape index (κ3) is 4.48. The summed E-state index contributed by atoms with van der Waals surface area (Å²) >= 11 is 0. The van der Waals surface area contributed by atoms with Crippen LogP contribution < -0.4 is 10.1 Å². The topological polar surface area (TPSA) is 67.4 Å². The Morgan fingerprint density at radius 1 is 1.33 bits per heavy atom. The van der Waals surface area contributed by atoms with E-state index >= 15 is 0 Å². The maximum atomic E-state index is 13.1. The smallest absolute Gasteiger partial charge is 0.408 e. The van der Waals surface area contributed by atoms with Crippen molar-refractivity contribution in [3.63, 3.8) is 0 Å². The first-order valence-corrected chi connectivity index (χ1v) is 7.76. The molecule has 2 rings (SSSR count). The Morgan fingerprint density at radius 2 is 2.00 bits per heavy atom. The highest BCUT2D eigenvalue weighted by molar-refractivity contribution is 5.74. The first-order valence-electron chi connectivity index (χ1n) is 7.76. The van der Waals surface area contributed by atoms with Gasteiger partial charge in [0.1, 0.15) is 6.04 Å². The number of ether oxygens (including phenoxy) is 1. The molecule has 0 spiro atoms. The van der Waals surface area contributed by atoms with Gasteiger partial charge in [0.2, 0.25) is 5.91 Å². The average molecular weight is 346 g/mol. The third-order valence-electron chi connectivity index (χ3n) is 3.72. The van der Waals surface area contributed by atoms with Gasteiger partial charge in [-0.2, -0.15) is 13.2 Å². The predicted octanol–water partition coefficient (Wildman–Crippen LogP) is 2.62. The molecular weight excluding hydrogens is 325 g/mol. The summed E-state index contributed by atoms with van der Waals surface area (Å²) < 4.78 is 44.7. The van der Waals surface area contributed by atoms with Gasteiger partial charge in [0.15, 0.2) is 5.82 Å². The molecule has 0 aromatic carbocycles. The number of carbonyl (C=O) groups is 1. The van der Waals surface area contributed by atoms with E-state index in [0.29, 0.717) is 11.7 Å². The van der Waals surface area contributed by atoms with Crippen LogP contribution in [0.3, 0.4) is 0 Å². The van der Waals surface area contributed by atoms with Crippen LogP contribution in [0.2, 0.25) is 0 Å². The standard InChI is InChI=1S/C15H21F3N4O2/c1-9(2)24-14-13(19-6-7-20-14)21-11-4-5-12(15(16,17)18)22(8-11)10(3)23/h6-7,9,11-12H,4-5,8H2,1-3H3,(H,19,21)/t11-,12+/m0/s1. The molecule has 1 fully saturated rings. The lowest BCUT2D eigenvalue weighted by Gasteiger charge is -2.40. The number of likely N-dealkylation sites (tertiary alicyclic amines) is 1.